The second kappa shape index (κ2) is 4.45. The number of aliphatic carboxylic acids is 1. The van der Waals surface area contributed by atoms with Crippen molar-refractivity contribution in [2.45, 2.75) is 13.3 Å². The third kappa shape index (κ3) is 2.70. The van der Waals surface area contributed by atoms with Crippen LogP contribution in [-0.4, -0.2) is 16.1 Å². The van der Waals surface area contributed by atoms with Crippen molar-refractivity contribution in [1.29, 1.82) is 0 Å². The lowest BCUT2D eigenvalue weighted by atomic mass is 10.1. The van der Waals surface area contributed by atoms with E-state index in [1.165, 1.54) is 0 Å². The molecule has 1 aromatic heterocycles. The van der Waals surface area contributed by atoms with Gasteiger partial charge in [0.15, 0.2) is 0 Å². The Bertz CT molecular complexity index is 413. The third-order valence-corrected chi connectivity index (χ3v) is 2.05. The first-order valence-corrected chi connectivity index (χ1v) is 4.41. The van der Waals surface area contributed by atoms with Gasteiger partial charge in [-0.05, 0) is 18.1 Å². The Labute approximate surface area is 87.4 Å². The van der Waals surface area contributed by atoms with Crippen LogP contribution in [0.5, 0.6) is 0 Å². The van der Waals surface area contributed by atoms with Crippen molar-refractivity contribution in [1.82, 2.24) is 4.98 Å². The molecule has 0 unspecified atom stereocenters. The average Bonchev–Trinajstić information content (AvgIpc) is 2.18. The number of hydrogen-bond acceptors (Lipinski definition) is 4. The maximum Gasteiger partial charge on any atom is 0.307 e. The molecule has 0 fully saturated rings. The van der Waals surface area contributed by atoms with Gasteiger partial charge in [0.25, 0.3) is 0 Å². The first kappa shape index (κ1) is 11.0. The predicted molar refractivity (Wildman–Crippen MR) is 59.1 cm³/mol. The summed E-state index contributed by atoms with van der Waals surface area (Å²) in [6, 6.07) is 0. The summed E-state index contributed by atoms with van der Waals surface area (Å²) >= 11 is 0. The second-order valence-electron chi connectivity index (χ2n) is 3.14. The summed E-state index contributed by atoms with van der Waals surface area (Å²) in [5.41, 5.74) is 13.2. The maximum absolute atomic E-state index is 10.3. The summed E-state index contributed by atoms with van der Waals surface area (Å²) in [5, 5.41) is 8.45. The van der Waals surface area contributed by atoms with Crippen LogP contribution in [0.2, 0.25) is 0 Å². The van der Waals surface area contributed by atoms with E-state index in [0.29, 0.717) is 11.5 Å². The first-order chi connectivity index (χ1) is 7.02. The van der Waals surface area contributed by atoms with Gasteiger partial charge in [-0.1, -0.05) is 12.2 Å². The molecule has 0 radical (unpaired) electrons. The largest absolute Gasteiger partial charge is 0.481 e. The normalized spacial score (nSPS) is 10.7. The van der Waals surface area contributed by atoms with E-state index in [2.05, 4.69) is 4.98 Å². The third-order valence-electron chi connectivity index (χ3n) is 2.05. The van der Waals surface area contributed by atoms with Crippen molar-refractivity contribution < 1.29 is 9.90 Å². The van der Waals surface area contributed by atoms with E-state index in [1.807, 2.05) is 6.92 Å². The second-order valence-corrected chi connectivity index (χ2v) is 3.14. The zero-order chi connectivity index (χ0) is 11.4. The lowest BCUT2D eigenvalue weighted by Gasteiger charge is -2.05. The van der Waals surface area contributed by atoms with E-state index < -0.39 is 5.97 Å². The zero-order valence-corrected chi connectivity index (χ0v) is 8.40. The molecule has 5 heteroatoms. The van der Waals surface area contributed by atoms with Crippen LogP contribution in [0.1, 0.15) is 17.5 Å². The summed E-state index contributed by atoms with van der Waals surface area (Å²) in [5.74, 6) is -0.580. The van der Waals surface area contributed by atoms with Crippen molar-refractivity contribution in [3.8, 4) is 0 Å². The van der Waals surface area contributed by atoms with Crippen molar-refractivity contribution in [2.24, 2.45) is 0 Å². The van der Waals surface area contributed by atoms with Gasteiger partial charge in [0.1, 0.15) is 5.82 Å². The van der Waals surface area contributed by atoms with E-state index in [9.17, 15) is 4.79 Å². The number of carbonyl (C=O) groups is 1. The van der Waals surface area contributed by atoms with Gasteiger partial charge in [0.05, 0.1) is 12.1 Å². The molecule has 0 spiro atoms. The highest BCUT2D eigenvalue weighted by atomic mass is 16.4. The number of carboxylic acid groups (broad SMARTS) is 1. The number of rotatable bonds is 3. The Kier molecular flexibility index (Phi) is 3.28. The molecule has 0 aliphatic rings. The molecular weight excluding hydrogens is 194 g/mol. The lowest BCUT2D eigenvalue weighted by Crippen LogP contribution is -2.01. The minimum Gasteiger partial charge on any atom is -0.481 e. The van der Waals surface area contributed by atoms with Crippen LogP contribution >= 0.6 is 0 Å². The molecule has 0 saturated heterocycles. The number of aromatic nitrogens is 1. The lowest BCUT2D eigenvalue weighted by molar-refractivity contribution is -0.135. The zero-order valence-electron chi connectivity index (χ0n) is 8.40. The fourth-order valence-electron chi connectivity index (χ4n) is 1.11. The number of hydrogen-bond donors (Lipinski definition) is 3. The molecule has 1 heterocycles. The average molecular weight is 207 g/mol. The highest BCUT2D eigenvalue weighted by molar-refractivity contribution is 5.73. The molecular formula is C10H13N3O2. The molecule has 0 aliphatic carbocycles. The summed E-state index contributed by atoms with van der Waals surface area (Å²) in [6.45, 7) is 1.81. The Balaban J connectivity index is 2.92. The molecule has 0 bridgehead atoms. The Morgan fingerprint density at radius 3 is 2.87 bits per heavy atom. The van der Waals surface area contributed by atoms with Gasteiger partial charge >= 0.3 is 5.97 Å². The number of nitrogen functional groups attached to an aromatic ring is 2. The van der Waals surface area contributed by atoms with Gasteiger partial charge < -0.3 is 16.6 Å². The topological polar surface area (TPSA) is 102 Å². The summed E-state index contributed by atoms with van der Waals surface area (Å²) in [4.78, 5) is 14.2. The molecule has 1 rings (SSSR count). The summed E-state index contributed by atoms with van der Waals surface area (Å²) < 4.78 is 0. The van der Waals surface area contributed by atoms with Crippen molar-refractivity contribution in [3.63, 3.8) is 0 Å². The number of carboxylic acids is 1. The van der Waals surface area contributed by atoms with Crippen LogP contribution in [0.25, 0.3) is 6.08 Å². The Hall–Kier alpha value is -2.04. The van der Waals surface area contributed by atoms with E-state index >= 15 is 0 Å². The number of pyridine rings is 1. The van der Waals surface area contributed by atoms with Crippen LogP contribution in [0.3, 0.4) is 0 Å². The molecule has 0 atom stereocenters. The molecule has 1 aromatic rings. The SMILES string of the molecule is Cc1c(C=CCC(=O)O)cnc(N)c1N. The van der Waals surface area contributed by atoms with Crippen molar-refractivity contribution in [2.75, 3.05) is 11.5 Å². The Morgan fingerprint density at radius 2 is 2.27 bits per heavy atom. The quantitative estimate of drug-likeness (QED) is 0.687. The van der Waals surface area contributed by atoms with Crippen LogP contribution in [0, 0.1) is 6.92 Å². The number of nitrogens with two attached hydrogens (primary N) is 2. The molecule has 5 nitrogen and oxygen atoms in total. The van der Waals surface area contributed by atoms with Crippen LogP contribution < -0.4 is 11.5 Å². The molecule has 80 valence electrons. The van der Waals surface area contributed by atoms with Gasteiger partial charge in [-0.3, -0.25) is 4.79 Å². The van der Waals surface area contributed by atoms with E-state index in [1.54, 1.807) is 18.3 Å². The van der Waals surface area contributed by atoms with Crippen molar-refractivity contribution >= 4 is 23.6 Å². The standard InChI is InChI=1S/C10H13N3O2/c1-6-7(3-2-4-8(14)15)5-13-10(12)9(6)11/h2-3,5H,4,11H2,1H3,(H2,12,13)(H,14,15). The molecule has 0 aromatic carbocycles. The van der Waals surface area contributed by atoms with Gasteiger partial charge in [-0.15, -0.1) is 0 Å². The molecule has 5 N–H and O–H groups in total. The van der Waals surface area contributed by atoms with E-state index in [0.717, 1.165) is 11.1 Å². The Morgan fingerprint density at radius 1 is 1.60 bits per heavy atom. The highest BCUT2D eigenvalue weighted by Gasteiger charge is 2.03. The monoisotopic (exact) mass is 207 g/mol. The predicted octanol–water partition coefficient (Wildman–Crippen LogP) is 1.04. The first-order valence-electron chi connectivity index (χ1n) is 4.41. The summed E-state index contributed by atoms with van der Waals surface area (Å²) in [6.07, 6.45) is 4.76. The fourth-order valence-corrected chi connectivity index (χ4v) is 1.11. The number of anilines is 2. The molecule has 0 aliphatic heterocycles. The fraction of sp³-hybridized carbons (Fsp3) is 0.200. The van der Waals surface area contributed by atoms with Crippen LogP contribution in [-0.2, 0) is 4.79 Å². The van der Waals surface area contributed by atoms with Gasteiger partial charge in [-0.2, -0.15) is 0 Å². The van der Waals surface area contributed by atoms with Gasteiger partial charge in [0, 0.05) is 6.20 Å². The van der Waals surface area contributed by atoms with Crippen LogP contribution in [0.4, 0.5) is 11.5 Å². The maximum atomic E-state index is 10.3. The molecule has 0 saturated carbocycles. The molecule has 0 amide bonds. The van der Waals surface area contributed by atoms with Gasteiger partial charge in [0.2, 0.25) is 0 Å². The van der Waals surface area contributed by atoms with Gasteiger partial charge in [-0.25, -0.2) is 4.98 Å². The molecule has 15 heavy (non-hydrogen) atoms. The van der Waals surface area contributed by atoms with E-state index in [4.69, 9.17) is 16.6 Å². The summed E-state index contributed by atoms with van der Waals surface area (Å²) in [7, 11) is 0. The smallest absolute Gasteiger partial charge is 0.307 e. The van der Waals surface area contributed by atoms with Crippen molar-refractivity contribution in [3.05, 3.63) is 23.4 Å². The van der Waals surface area contributed by atoms with Crippen LogP contribution in [0.15, 0.2) is 12.3 Å². The number of nitrogens with zero attached hydrogens (tertiary/aromatic N) is 1. The minimum atomic E-state index is -0.875. The van der Waals surface area contributed by atoms with E-state index in [-0.39, 0.29) is 6.42 Å². The minimum absolute atomic E-state index is 0.0241. The highest BCUT2D eigenvalue weighted by Crippen LogP contribution is 2.21.